The molecule has 1 aromatic carbocycles. The quantitative estimate of drug-likeness (QED) is 0.542. The van der Waals surface area contributed by atoms with Gasteiger partial charge in [-0.3, -0.25) is 4.79 Å². The fourth-order valence-electron chi connectivity index (χ4n) is 4.02. The van der Waals surface area contributed by atoms with Crippen LogP contribution in [-0.2, 0) is 21.4 Å². The second-order valence-corrected chi connectivity index (χ2v) is 11.1. The molecule has 2 fully saturated rings. The molecule has 1 aliphatic heterocycles. The van der Waals surface area contributed by atoms with Crippen LogP contribution in [0.2, 0.25) is 5.02 Å². The van der Waals surface area contributed by atoms with Crippen LogP contribution in [-0.4, -0.2) is 58.6 Å². The first-order valence-electron chi connectivity index (χ1n) is 11.2. The second-order valence-electron chi connectivity index (χ2n) is 8.55. The number of hydrogen-bond acceptors (Lipinski definition) is 6. The van der Waals surface area contributed by atoms with Crippen LogP contribution in [0.5, 0.6) is 0 Å². The van der Waals surface area contributed by atoms with Crippen LogP contribution in [0.3, 0.4) is 0 Å². The molecule has 1 aliphatic carbocycles. The summed E-state index contributed by atoms with van der Waals surface area (Å²) in [4.78, 5) is 15.1. The molecule has 2 heterocycles. The fraction of sp³-hybridized carbons (Fsp3) is 0.591. The van der Waals surface area contributed by atoms with Gasteiger partial charge < -0.3 is 9.32 Å². The van der Waals surface area contributed by atoms with E-state index in [4.69, 9.17) is 16.0 Å². The molecule has 1 aromatic heterocycles. The van der Waals surface area contributed by atoms with Crippen molar-refractivity contribution < 1.29 is 17.6 Å². The van der Waals surface area contributed by atoms with Crippen molar-refractivity contribution in [1.29, 1.82) is 0 Å². The van der Waals surface area contributed by atoms with Crippen molar-refractivity contribution in [2.75, 3.05) is 18.8 Å². The highest BCUT2D eigenvalue weighted by atomic mass is 35.5. The third-order valence-corrected chi connectivity index (χ3v) is 8.30. The number of unbranched alkanes of at least 4 members (excludes halogenated alkanes) is 1. The molecule has 174 valence electrons. The highest BCUT2D eigenvalue weighted by Gasteiger charge is 2.39. The zero-order valence-electron chi connectivity index (χ0n) is 18.2. The van der Waals surface area contributed by atoms with E-state index in [1.54, 1.807) is 16.4 Å². The molecule has 0 bridgehead atoms. The Morgan fingerprint density at radius 3 is 2.47 bits per heavy atom. The van der Waals surface area contributed by atoms with E-state index in [2.05, 4.69) is 10.2 Å². The molecule has 0 spiro atoms. The van der Waals surface area contributed by atoms with E-state index in [-0.39, 0.29) is 30.2 Å². The second kappa shape index (κ2) is 9.89. The predicted octanol–water partition coefficient (Wildman–Crippen LogP) is 3.72. The van der Waals surface area contributed by atoms with Crippen molar-refractivity contribution in [2.45, 2.75) is 58.0 Å². The van der Waals surface area contributed by atoms with Crippen LogP contribution in [0, 0.1) is 5.92 Å². The van der Waals surface area contributed by atoms with E-state index in [1.165, 1.54) is 0 Å². The normalized spacial score (nSPS) is 18.1. The summed E-state index contributed by atoms with van der Waals surface area (Å²) in [7, 11) is -3.23. The van der Waals surface area contributed by atoms with Crippen molar-refractivity contribution in [1.82, 2.24) is 19.4 Å². The number of halogens is 1. The number of hydrogen-bond donors (Lipinski definition) is 0. The summed E-state index contributed by atoms with van der Waals surface area (Å²) >= 11 is 5.93. The minimum atomic E-state index is -3.23. The Bertz CT molecular complexity index is 1030. The monoisotopic (exact) mass is 480 g/mol. The molecule has 0 radical (unpaired) electrons. The van der Waals surface area contributed by atoms with E-state index in [9.17, 15) is 13.2 Å². The van der Waals surface area contributed by atoms with Crippen molar-refractivity contribution in [3.8, 4) is 11.5 Å². The van der Waals surface area contributed by atoms with Crippen LogP contribution in [0.1, 0.15) is 51.3 Å². The minimum Gasteiger partial charge on any atom is -0.419 e. The summed E-state index contributed by atoms with van der Waals surface area (Å²) in [6.07, 6.45) is 4.54. The minimum absolute atomic E-state index is 0.0596. The number of rotatable bonds is 9. The van der Waals surface area contributed by atoms with Gasteiger partial charge in [-0.15, -0.1) is 10.2 Å². The summed E-state index contributed by atoms with van der Waals surface area (Å²) in [6.45, 7) is 3.07. The molecular formula is C22H29ClN4O4S. The van der Waals surface area contributed by atoms with E-state index < -0.39 is 10.0 Å². The maximum Gasteiger partial charge on any atom is 0.247 e. The van der Waals surface area contributed by atoms with Gasteiger partial charge in [0, 0.05) is 35.6 Å². The molecule has 1 amide bonds. The largest absolute Gasteiger partial charge is 0.419 e. The van der Waals surface area contributed by atoms with Gasteiger partial charge in [-0.05, 0) is 56.4 Å². The Morgan fingerprint density at radius 1 is 1.16 bits per heavy atom. The van der Waals surface area contributed by atoms with Crippen LogP contribution in [0.4, 0.5) is 0 Å². The highest BCUT2D eigenvalue weighted by Crippen LogP contribution is 2.32. The fourth-order valence-corrected chi connectivity index (χ4v) is 5.82. The molecule has 2 aromatic rings. The standard InChI is InChI=1S/C22H29ClN4O4S/c1-2-3-14-32(29,30)26-12-10-17(11-13-26)22(28)27(19-8-9-19)15-20-24-25-21(31-20)16-4-6-18(23)7-5-16/h4-7,17,19H,2-3,8-15H2,1H3. The Balaban J connectivity index is 1.38. The lowest BCUT2D eigenvalue weighted by atomic mass is 9.96. The number of piperidine rings is 1. The third kappa shape index (κ3) is 5.50. The average Bonchev–Trinajstić information content (AvgIpc) is 3.54. The summed E-state index contributed by atoms with van der Waals surface area (Å²) < 4.78 is 32.2. The van der Waals surface area contributed by atoms with Crippen LogP contribution >= 0.6 is 11.6 Å². The number of aromatic nitrogens is 2. The smallest absolute Gasteiger partial charge is 0.247 e. The first kappa shape index (κ1) is 23.2. The summed E-state index contributed by atoms with van der Waals surface area (Å²) in [5.41, 5.74) is 0.772. The predicted molar refractivity (Wildman–Crippen MR) is 121 cm³/mol. The molecular weight excluding hydrogens is 452 g/mol. The maximum absolute atomic E-state index is 13.3. The van der Waals surface area contributed by atoms with Crippen molar-refractivity contribution in [3.63, 3.8) is 0 Å². The van der Waals surface area contributed by atoms with Gasteiger partial charge in [0.15, 0.2) is 0 Å². The van der Waals surface area contributed by atoms with Gasteiger partial charge in [0.25, 0.3) is 0 Å². The number of nitrogens with zero attached hydrogens (tertiary/aromatic N) is 4. The Kier molecular flexibility index (Phi) is 7.17. The number of carbonyl (C=O) groups excluding carboxylic acids is 1. The zero-order valence-corrected chi connectivity index (χ0v) is 19.8. The Labute approximate surface area is 194 Å². The van der Waals surface area contributed by atoms with Gasteiger partial charge in [-0.1, -0.05) is 24.9 Å². The van der Waals surface area contributed by atoms with Gasteiger partial charge in [0.1, 0.15) is 0 Å². The Hall–Kier alpha value is -1.97. The molecule has 4 rings (SSSR count). The lowest BCUT2D eigenvalue weighted by Gasteiger charge is -2.33. The molecule has 0 atom stereocenters. The molecule has 1 saturated heterocycles. The van der Waals surface area contributed by atoms with Crippen molar-refractivity contribution in [2.24, 2.45) is 5.92 Å². The van der Waals surface area contributed by atoms with Crippen molar-refractivity contribution in [3.05, 3.63) is 35.2 Å². The lowest BCUT2D eigenvalue weighted by molar-refractivity contribution is -0.138. The highest BCUT2D eigenvalue weighted by molar-refractivity contribution is 7.89. The van der Waals surface area contributed by atoms with Gasteiger partial charge in [0.2, 0.25) is 27.7 Å². The zero-order chi connectivity index (χ0) is 22.7. The summed E-state index contributed by atoms with van der Waals surface area (Å²) in [5, 5.41) is 8.87. The van der Waals surface area contributed by atoms with Crippen LogP contribution in [0.15, 0.2) is 28.7 Å². The third-order valence-electron chi connectivity index (χ3n) is 6.09. The molecule has 10 heteroatoms. The first-order chi connectivity index (χ1) is 15.4. The van der Waals surface area contributed by atoms with Crippen LogP contribution < -0.4 is 0 Å². The molecule has 2 aliphatic rings. The molecule has 32 heavy (non-hydrogen) atoms. The van der Waals surface area contributed by atoms with E-state index in [1.807, 2.05) is 24.0 Å². The topological polar surface area (TPSA) is 96.6 Å². The lowest BCUT2D eigenvalue weighted by Crippen LogP contribution is -2.45. The van der Waals surface area contributed by atoms with Gasteiger partial charge in [-0.25, -0.2) is 12.7 Å². The average molecular weight is 481 g/mol. The van der Waals surface area contributed by atoms with E-state index in [0.717, 1.165) is 24.8 Å². The molecule has 1 saturated carbocycles. The first-order valence-corrected chi connectivity index (χ1v) is 13.2. The SMILES string of the molecule is CCCCS(=O)(=O)N1CCC(C(=O)N(Cc2nnc(-c3ccc(Cl)cc3)o2)C2CC2)CC1. The van der Waals surface area contributed by atoms with E-state index in [0.29, 0.717) is 49.2 Å². The Morgan fingerprint density at radius 2 is 1.84 bits per heavy atom. The number of carbonyl (C=O) groups is 1. The summed E-state index contributed by atoms with van der Waals surface area (Å²) in [6, 6.07) is 7.34. The van der Waals surface area contributed by atoms with Crippen LogP contribution in [0.25, 0.3) is 11.5 Å². The molecule has 8 nitrogen and oxygen atoms in total. The van der Waals surface area contributed by atoms with Gasteiger partial charge >= 0.3 is 0 Å². The van der Waals surface area contributed by atoms with Gasteiger partial charge in [0.05, 0.1) is 12.3 Å². The number of amides is 1. The molecule has 0 unspecified atom stereocenters. The number of sulfonamides is 1. The van der Waals surface area contributed by atoms with Gasteiger partial charge in [-0.2, -0.15) is 0 Å². The maximum atomic E-state index is 13.3. The van der Waals surface area contributed by atoms with Crippen molar-refractivity contribution >= 4 is 27.5 Å². The number of benzene rings is 1. The summed E-state index contributed by atoms with van der Waals surface area (Å²) in [5.74, 6) is 0.861. The molecule has 0 N–H and O–H groups in total. The van der Waals surface area contributed by atoms with E-state index >= 15 is 0 Å².